The average molecular weight is 405 g/mol. The van der Waals surface area contributed by atoms with Crippen LogP contribution in [-0.4, -0.2) is 70.2 Å². The van der Waals surface area contributed by atoms with E-state index < -0.39 is 11.5 Å². The normalized spacial score (nSPS) is 19.8. The molecule has 1 aliphatic rings. The number of nitrogens with zero attached hydrogens (tertiary/aromatic N) is 3. The number of carbonyl (C=O) groups is 2. The summed E-state index contributed by atoms with van der Waals surface area (Å²) in [7, 11) is 0. The number of aliphatic hydroxyl groups is 1. The molecule has 1 atom stereocenters. The van der Waals surface area contributed by atoms with Crippen LogP contribution in [0.4, 0.5) is 5.13 Å². The van der Waals surface area contributed by atoms with Crippen molar-refractivity contribution in [2.75, 3.05) is 38.6 Å². The molecule has 3 rings (SSSR count). The van der Waals surface area contributed by atoms with E-state index in [2.05, 4.69) is 15.3 Å². The zero-order chi connectivity index (χ0) is 20.0. The highest BCUT2D eigenvalue weighted by molar-refractivity contribution is 7.13. The van der Waals surface area contributed by atoms with Gasteiger partial charge in [-0.15, -0.1) is 11.3 Å². The summed E-state index contributed by atoms with van der Waals surface area (Å²) in [5.74, 6) is -0.496. The molecule has 1 aliphatic heterocycles. The molecule has 2 amide bonds. The molecule has 2 aromatic heterocycles. The van der Waals surface area contributed by atoms with Crippen LogP contribution in [0, 0.1) is 0 Å². The Kier molecular flexibility index (Phi) is 6.55. The van der Waals surface area contributed by atoms with Crippen molar-refractivity contribution in [1.29, 1.82) is 0 Å². The summed E-state index contributed by atoms with van der Waals surface area (Å²) in [6.45, 7) is 0.769. The van der Waals surface area contributed by atoms with E-state index in [4.69, 9.17) is 10.5 Å². The van der Waals surface area contributed by atoms with Crippen LogP contribution in [0.2, 0.25) is 0 Å². The van der Waals surface area contributed by atoms with E-state index in [1.54, 1.807) is 23.1 Å². The zero-order valence-electron chi connectivity index (χ0n) is 15.3. The topological polar surface area (TPSA) is 131 Å². The van der Waals surface area contributed by atoms with Gasteiger partial charge in [0.2, 0.25) is 5.91 Å². The summed E-state index contributed by atoms with van der Waals surface area (Å²) < 4.78 is 5.46. The first-order valence-corrected chi connectivity index (χ1v) is 9.80. The van der Waals surface area contributed by atoms with Crippen LogP contribution in [0.1, 0.15) is 22.6 Å². The van der Waals surface area contributed by atoms with Crippen molar-refractivity contribution in [1.82, 2.24) is 20.2 Å². The Morgan fingerprint density at radius 3 is 3.00 bits per heavy atom. The molecule has 0 radical (unpaired) electrons. The van der Waals surface area contributed by atoms with Gasteiger partial charge in [-0.3, -0.25) is 14.6 Å². The van der Waals surface area contributed by atoms with Crippen LogP contribution in [0.25, 0.3) is 0 Å². The van der Waals surface area contributed by atoms with Crippen molar-refractivity contribution >= 4 is 28.3 Å². The first-order valence-electron chi connectivity index (χ1n) is 8.92. The molecular formula is C18H23N5O4S. The maximum atomic E-state index is 12.6. The molecule has 4 N–H and O–H groups in total. The molecule has 0 spiro atoms. The van der Waals surface area contributed by atoms with E-state index >= 15 is 0 Å². The monoisotopic (exact) mass is 405 g/mol. The van der Waals surface area contributed by atoms with Crippen LogP contribution in [0.3, 0.4) is 0 Å². The van der Waals surface area contributed by atoms with Crippen molar-refractivity contribution < 1.29 is 19.4 Å². The fraction of sp³-hybridized carbons (Fsp3) is 0.444. The van der Waals surface area contributed by atoms with Crippen LogP contribution in [0.5, 0.6) is 0 Å². The van der Waals surface area contributed by atoms with Crippen LogP contribution in [0.15, 0.2) is 29.8 Å². The summed E-state index contributed by atoms with van der Waals surface area (Å²) in [6.07, 6.45) is 2.27. The third kappa shape index (κ3) is 5.47. The van der Waals surface area contributed by atoms with Crippen molar-refractivity contribution in [3.63, 3.8) is 0 Å². The maximum absolute atomic E-state index is 12.6. The van der Waals surface area contributed by atoms with Crippen LogP contribution >= 0.6 is 11.3 Å². The molecule has 150 valence electrons. The summed E-state index contributed by atoms with van der Waals surface area (Å²) in [4.78, 5) is 34.4. The number of nitrogens with one attached hydrogen (secondary N) is 1. The third-order valence-corrected chi connectivity index (χ3v) is 5.08. The van der Waals surface area contributed by atoms with Gasteiger partial charge in [-0.1, -0.05) is 6.07 Å². The molecule has 9 nitrogen and oxygen atoms in total. The minimum absolute atomic E-state index is 0.0297. The minimum Gasteiger partial charge on any atom is -0.384 e. The Bertz CT molecular complexity index is 815. The Hall–Kier alpha value is -2.56. The lowest BCUT2D eigenvalue weighted by Crippen LogP contribution is -2.53. The number of thiazole rings is 1. The molecule has 2 aromatic rings. The number of carbonyl (C=O) groups excluding carboxylic acids is 2. The van der Waals surface area contributed by atoms with Crippen molar-refractivity contribution in [2.24, 2.45) is 0 Å². The molecule has 3 heterocycles. The van der Waals surface area contributed by atoms with Gasteiger partial charge in [0.1, 0.15) is 11.3 Å². The van der Waals surface area contributed by atoms with Gasteiger partial charge < -0.3 is 25.8 Å². The summed E-state index contributed by atoms with van der Waals surface area (Å²) in [5, 5.41) is 15.8. The Morgan fingerprint density at radius 1 is 1.43 bits per heavy atom. The van der Waals surface area contributed by atoms with E-state index in [-0.39, 0.29) is 37.7 Å². The zero-order valence-corrected chi connectivity index (χ0v) is 16.2. The highest BCUT2D eigenvalue weighted by Crippen LogP contribution is 2.16. The SMILES string of the molecule is Nc1nc(CCC(=O)N2CCOC[C@](O)(CNC(=O)c3ccccn3)C2)cs1. The molecule has 28 heavy (non-hydrogen) atoms. The van der Waals surface area contributed by atoms with Crippen molar-refractivity contribution in [3.8, 4) is 0 Å². The summed E-state index contributed by atoms with van der Waals surface area (Å²) >= 11 is 1.34. The molecule has 0 saturated carbocycles. The van der Waals surface area contributed by atoms with E-state index in [0.29, 0.717) is 24.7 Å². The smallest absolute Gasteiger partial charge is 0.269 e. The summed E-state index contributed by atoms with van der Waals surface area (Å²) in [5.41, 5.74) is 5.27. The maximum Gasteiger partial charge on any atom is 0.269 e. The first kappa shape index (κ1) is 20.2. The fourth-order valence-corrected chi connectivity index (χ4v) is 3.50. The Morgan fingerprint density at radius 2 is 2.29 bits per heavy atom. The number of pyridine rings is 1. The highest BCUT2D eigenvalue weighted by atomic mass is 32.1. The average Bonchev–Trinajstić information content (AvgIpc) is 3.02. The second-order valence-electron chi connectivity index (χ2n) is 6.67. The standard InChI is InChI=1S/C18H23N5O4S/c19-17-22-13(9-28-17)4-5-15(24)23-7-8-27-12-18(26,11-23)10-21-16(25)14-3-1-2-6-20-14/h1-3,6,9,26H,4-5,7-8,10-12H2,(H2,19,22)(H,21,25)/t18-/m0/s1. The number of amides is 2. The van der Waals surface area contributed by atoms with Gasteiger partial charge in [0.05, 0.1) is 32.0 Å². The van der Waals surface area contributed by atoms with Gasteiger partial charge in [-0.25, -0.2) is 4.98 Å². The van der Waals surface area contributed by atoms with E-state index in [1.165, 1.54) is 17.5 Å². The molecule has 0 unspecified atom stereocenters. The van der Waals surface area contributed by atoms with E-state index in [0.717, 1.165) is 5.69 Å². The first-order chi connectivity index (χ1) is 13.5. The molecule has 0 aliphatic carbocycles. The predicted molar refractivity (Wildman–Crippen MR) is 104 cm³/mol. The molecule has 10 heteroatoms. The number of hydrogen-bond acceptors (Lipinski definition) is 8. The second kappa shape index (κ2) is 9.09. The molecule has 0 aromatic carbocycles. The van der Waals surface area contributed by atoms with Crippen LogP contribution < -0.4 is 11.1 Å². The molecule has 1 fully saturated rings. The lowest BCUT2D eigenvalue weighted by molar-refractivity contribution is -0.133. The van der Waals surface area contributed by atoms with Gasteiger partial charge >= 0.3 is 0 Å². The number of aryl methyl sites for hydroxylation is 1. The van der Waals surface area contributed by atoms with E-state index in [9.17, 15) is 14.7 Å². The Labute approximate surface area is 166 Å². The number of nitrogen functional groups attached to an aromatic ring is 1. The predicted octanol–water partition coefficient (Wildman–Crippen LogP) is 0.0728. The number of aromatic nitrogens is 2. The van der Waals surface area contributed by atoms with Gasteiger partial charge in [0, 0.05) is 24.5 Å². The number of ether oxygens (including phenoxy) is 1. The largest absolute Gasteiger partial charge is 0.384 e. The van der Waals surface area contributed by atoms with Crippen molar-refractivity contribution in [2.45, 2.75) is 18.4 Å². The van der Waals surface area contributed by atoms with Gasteiger partial charge in [0.25, 0.3) is 5.91 Å². The number of hydrogen-bond donors (Lipinski definition) is 3. The third-order valence-electron chi connectivity index (χ3n) is 4.35. The molecule has 0 bridgehead atoms. The van der Waals surface area contributed by atoms with Crippen LogP contribution in [-0.2, 0) is 16.0 Å². The molecule has 1 saturated heterocycles. The van der Waals surface area contributed by atoms with E-state index in [1.807, 2.05) is 5.38 Å². The second-order valence-corrected chi connectivity index (χ2v) is 7.56. The lowest BCUT2D eigenvalue weighted by Gasteiger charge is -2.31. The fourth-order valence-electron chi connectivity index (χ4n) is 2.90. The van der Waals surface area contributed by atoms with Crippen molar-refractivity contribution in [3.05, 3.63) is 41.2 Å². The Balaban J connectivity index is 1.55. The van der Waals surface area contributed by atoms with Gasteiger partial charge in [0.15, 0.2) is 5.13 Å². The summed E-state index contributed by atoms with van der Waals surface area (Å²) in [6, 6.07) is 5.01. The number of β-amino-alcohol motifs (C(OH)–C–C–N with tert-alkyl or cyclic N) is 1. The van der Waals surface area contributed by atoms with Gasteiger partial charge in [-0.2, -0.15) is 0 Å². The highest BCUT2D eigenvalue weighted by Gasteiger charge is 2.34. The number of nitrogens with two attached hydrogens (primary N) is 1. The quantitative estimate of drug-likeness (QED) is 0.620. The number of rotatable bonds is 6. The minimum atomic E-state index is -1.37. The molecular weight excluding hydrogens is 382 g/mol. The van der Waals surface area contributed by atoms with Gasteiger partial charge in [-0.05, 0) is 18.6 Å². The number of anilines is 1. The lowest BCUT2D eigenvalue weighted by atomic mass is 10.0.